The van der Waals surface area contributed by atoms with Crippen LogP contribution in [0.4, 0.5) is 0 Å². The topological polar surface area (TPSA) is 75.6 Å². The molecule has 0 bridgehead atoms. The molecule has 1 aliphatic rings. The summed E-state index contributed by atoms with van der Waals surface area (Å²) in [5, 5.41) is 12.2. The largest absolute Gasteiger partial charge is 0.489 e. The molecule has 0 spiro atoms. The number of nitrogens with one attached hydrogen (secondary N) is 1. The SMILES string of the molecule is C=CCOc1ccccc1C(=O)NC1(CC(=O)O)CCCCC1. The molecule has 1 aromatic rings. The van der Waals surface area contributed by atoms with Crippen molar-refractivity contribution in [2.24, 2.45) is 0 Å². The summed E-state index contributed by atoms with van der Waals surface area (Å²) < 4.78 is 5.52. The minimum atomic E-state index is -0.886. The monoisotopic (exact) mass is 317 g/mol. The summed E-state index contributed by atoms with van der Waals surface area (Å²) in [6, 6.07) is 6.97. The van der Waals surface area contributed by atoms with E-state index in [1.165, 1.54) is 0 Å². The molecule has 2 N–H and O–H groups in total. The number of aliphatic carboxylic acids is 1. The Morgan fingerprint density at radius 2 is 1.96 bits per heavy atom. The number of ether oxygens (including phenoxy) is 1. The molecule has 0 heterocycles. The van der Waals surface area contributed by atoms with Crippen LogP contribution in [0.15, 0.2) is 36.9 Å². The molecule has 1 amide bonds. The van der Waals surface area contributed by atoms with Gasteiger partial charge in [0.2, 0.25) is 0 Å². The number of rotatable bonds is 7. The van der Waals surface area contributed by atoms with Crippen LogP contribution in [0.5, 0.6) is 5.75 Å². The zero-order chi connectivity index (χ0) is 16.7. The van der Waals surface area contributed by atoms with Gasteiger partial charge in [-0.15, -0.1) is 0 Å². The number of carboxylic acid groups (broad SMARTS) is 1. The Bertz CT molecular complexity index is 576. The van der Waals surface area contributed by atoms with E-state index in [1.807, 2.05) is 0 Å². The molecule has 1 aromatic carbocycles. The highest BCUT2D eigenvalue weighted by atomic mass is 16.5. The maximum Gasteiger partial charge on any atom is 0.305 e. The summed E-state index contributed by atoms with van der Waals surface area (Å²) in [6.07, 6.45) is 5.90. The lowest BCUT2D eigenvalue weighted by Crippen LogP contribution is -2.51. The van der Waals surface area contributed by atoms with Crippen molar-refractivity contribution in [2.45, 2.75) is 44.1 Å². The fourth-order valence-corrected chi connectivity index (χ4v) is 3.10. The number of carboxylic acids is 1. The Hall–Kier alpha value is -2.30. The zero-order valence-corrected chi connectivity index (χ0v) is 13.2. The van der Waals surface area contributed by atoms with Gasteiger partial charge in [-0.2, -0.15) is 0 Å². The maximum absolute atomic E-state index is 12.7. The van der Waals surface area contributed by atoms with Crippen molar-refractivity contribution >= 4 is 11.9 Å². The highest BCUT2D eigenvalue weighted by Gasteiger charge is 2.36. The molecule has 2 rings (SSSR count). The molecule has 0 atom stereocenters. The predicted molar refractivity (Wildman–Crippen MR) is 87.7 cm³/mol. The molecule has 5 heteroatoms. The summed E-state index contributed by atoms with van der Waals surface area (Å²) in [7, 11) is 0. The van der Waals surface area contributed by atoms with E-state index in [0.717, 1.165) is 19.3 Å². The molecule has 0 saturated heterocycles. The van der Waals surface area contributed by atoms with Crippen LogP contribution in [0.1, 0.15) is 48.9 Å². The first-order chi connectivity index (χ1) is 11.1. The van der Waals surface area contributed by atoms with Crippen molar-refractivity contribution in [3.63, 3.8) is 0 Å². The van der Waals surface area contributed by atoms with Crippen LogP contribution in [0, 0.1) is 0 Å². The third-order valence-electron chi connectivity index (χ3n) is 4.17. The molecule has 1 saturated carbocycles. The van der Waals surface area contributed by atoms with Gasteiger partial charge in [0.15, 0.2) is 0 Å². The van der Waals surface area contributed by atoms with Crippen LogP contribution in [0.25, 0.3) is 0 Å². The number of carbonyl (C=O) groups excluding carboxylic acids is 1. The summed E-state index contributed by atoms with van der Waals surface area (Å²) in [4.78, 5) is 23.9. The molecular formula is C18H23NO4. The summed E-state index contributed by atoms with van der Waals surface area (Å²) in [6.45, 7) is 3.91. The van der Waals surface area contributed by atoms with E-state index in [0.29, 0.717) is 30.8 Å². The van der Waals surface area contributed by atoms with Crippen molar-refractivity contribution < 1.29 is 19.4 Å². The quantitative estimate of drug-likeness (QED) is 0.757. The number of amides is 1. The first-order valence-electron chi connectivity index (χ1n) is 7.93. The minimum Gasteiger partial charge on any atom is -0.489 e. The predicted octanol–water partition coefficient (Wildman–Crippen LogP) is 3.16. The average molecular weight is 317 g/mol. The average Bonchev–Trinajstić information content (AvgIpc) is 2.53. The van der Waals surface area contributed by atoms with Gasteiger partial charge in [0.25, 0.3) is 5.91 Å². The Morgan fingerprint density at radius 3 is 2.61 bits per heavy atom. The van der Waals surface area contributed by atoms with E-state index in [9.17, 15) is 14.7 Å². The van der Waals surface area contributed by atoms with Crippen molar-refractivity contribution in [2.75, 3.05) is 6.61 Å². The second-order valence-electron chi connectivity index (χ2n) is 5.96. The molecule has 124 valence electrons. The normalized spacial score (nSPS) is 16.3. The fraction of sp³-hybridized carbons (Fsp3) is 0.444. The van der Waals surface area contributed by atoms with E-state index >= 15 is 0 Å². The van der Waals surface area contributed by atoms with Crippen LogP contribution in [-0.4, -0.2) is 29.1 Å². The number of benzene rings is 1. The molecule has 0 radical (unpaired) electrons. The fourth-order valence-electron chi connectivity index (χ4n) is 3.10. The highest BCUT2D eigenvalue weighted by Crippen LogP contribution is 2.32. The molecule has 1 aliphatic carbocycles. The van der Waals surface area contributed by atoms with E-state index in [-0.39, 0.29) is 12.3 Å². The van der Waals surface area contributed by atoms with Crippen LogP contribution < -0.4 is 10.1 Å². The highest BCUT2D eigenvalue weighted by molar-refractivity contribution is 5.97. The molecule has 0 unspecified atom stereocenters. The lowest BCUT2D eigenvalue weighted by atomic mass is 9.79. The summed E-state index contributed by atoms with van der Waals surface area (Å²) >= 11 is 0. The number of hydrogen-bond donors (Lipinski definition) is 2. The second-order valence-corrected chi connectivity index (χ2v) is 5.96. The Labute approximate surface area is 136 Å². The van der Waals surface area contributed by atoms with Gasteiger partial charge in [0.05, 0.1) is 17.5 Å². The zero-order valence-electron chi connectivity index (χ0n) is 13.2. The first kappa shape index (κ1) is 17.1. The lowest BCUT2D eigenvalue weighted by molar-refractivity contribution is -0.139. The van der Waals surface area contributed by atoms with Crippen LogP contribution in [0.3, 0.4) is 0 Å². The number of para-hydroxylation sites is 1. The van der Waals surface area contributed by atoms with E-state index in [2.05, 4.69) is 11.9 Å². The van der Waals surface area contributed by atoms with Gasteiger partial charge >= 0.3 is 5.97 Å². The van der Waals surface area contributed by atoms with Crippen molar-refractivity contribution in [1.29, 1.82) is 0 Å². The third kappa shape index (κ3) is 4.58. The molecular weight excluding hydrogens is 294 g/mol. The third-order valence-corrected chi connectivity index (χ3v) is 4.17. The summed E-state index contributed by atoms with van der Waals surface area (Å²) in [5.41, 5.74) is -0.239. The number of carbonyl (C=O) groups is 2. The second kappa shape index (κ2) is 7.81. The van der Waals surface area contributed by atoms with Gasteiger partial charge in [-0.05, 0) is 25.0 Å². The molecule has 0 aliphatic heterocycles. The van der Waals surface area contributed by atoms with Gasteiger partial charge in [0, 0.05) is 0 Å². The number of hydrogen-bond acceptors (Lipinski definition) is 3. The molecule has 1 fully saturated rings. The lowest BCUT2D eigenvalue weighted by Gasteiger charge is -2.37. The van der Waals surface area contributed by atoms with Crippen molar-refractivity contribution in [1.82, 2.24) is 5.32 Å². The summed E-state index contributed by atoms with van der Waals surface area (Å²) in [5.74, 6) is -0.692. The van der Waals surface area contributed by atoms with Gasteiger partial charge in [-0.3, -0.25) is 9.59 Å². The minimum absolute atomic E-state index is 0.0472. The van der Waals surface area contributed by atoms with Crippen molar-refractivity contribution in [3.05, 3.63) is 42.5 Å². The standard InChI is InChI=1S/C18H23NO4/c1-2-12-23-15-9-5-4-8-14(15)17(22)19-18(13-16(20)21)10-6-3-7-11-18/h2,4-5,8-9H,1,3,6-7,10-13H2,(H,19,22)(H,20,21). The Kier molecular flexibility index (Phi) is 5.79. The van der Waals surface area contributed by atoms with E-state index in [4.69, 9.17) is 4.74 Å². The van der Waals surface area contributed by atoms with E-state index in [1.54, 1.807) is 30.3 Å². The Balaban J connectivity index is 2.18. The van der Waals surface area contributed by atoms with Crippen LogP contribution in [-0.2, 0) is 4.79 Å². The maximum atomic E-state index is 12.7. The van der Waals surface area contributed by atoms with Crippen molar-refractivity contribution in [3.8, 4) is 5.75 Å². The van der Waals surface area contributed by atoms with Gasteiger partial charge in [-0.25, -0.2) is 0 Å². The van der Waals surface area contributed by atoms with Gasteiger partial charge in [-0.1, -0.05) is 44.1 Å². The first-order valence-corrected chi connectivity index (χ1v) is 7.93. The van der Waals surface area contributed by atoms with Gasteiger partial charge < -0.3 is 15.2 Å². The van der Waals surface area contributed by atoms with Crippen LogP contribution >= 0.6 is 0 Å². The smallest absolute Gasteiger partial charge is 0.305 e. The van der Waals surface area contributed by atoms with E-state index < -0.39 is 11.5 Å². The molecule has 0 aromatic heterocycles. The Morgan fingerprint density at radius 1 is 1.26 bits per heavy atom. The van der Waals surface area contributed by atoms with Gasteiger partial charge in [0.1, 0.15) is 12.4 Å². The molecule has 5 nitrogen and oxygen atoms in total. The molecule has 23 heavy (non-hydrogen) atoms. The van der Waals surface area contributed by atoms with Crippen LogP contribution in [0.2, 0.25) is 0 Å².